The van der Waals surface area contributed by atoms with E-state index in [0.717, 1.165) is 12.8 Å². The Balaban J connectivity index is -0.00000200. The molecule has 4 nitrogen and oxygen atoms in total. The molecule has 5 heteroatoms. The minimum absolute atomic E-state index is 0. The van der Waals surface area contributed by atoms with E-state index < -0.39 is 11.9 Å². The Morgan fingerprint density at radius 2 is 1.41 bits per heavy atom. The number of carboxylic acid groups (broad SMARTS) is 1. The Labute approximate surface area is 158 Å². The number of carbonyl (C=O) groups excluding carboxylic acids is 1. The molecule has 0 aromatic carbocycles. The van der Waals surface area contributed by atoms with Crippen molar-refractivity contribution >= 4 is 11.9 Å². The summed E-state index contributed by atoms with van der Waals surface area (Å²) in [6, 6.07) is 0. The maximum Gasteiger partial charge on any atom is 1.00 e. The van der Waals surface area contributed by atoms with Crippen LogP contribution in [0.15, 0.2) is 12.2 Å². The summed E-state index contributed by atoms with van der Waals surface area (Å²) in [6.45, 7) is 5.90. The van der Waals surface area contributed by atoms with E-state index in [2.05, 4.69) is 13.5 Å². The number of carbonyl (C=O) groups is 2. The molecule has 0 bridgehead atoms. The molecule has 1 N–H and O–H groups in total. The summed E-state index contributed by atoms with van der Waals surface area (Å²) in [7, 11) is 0. The zero-order chi connectivity index (χ0) is 15.9. The summed E-state index contributed by atoms with van der Waals surface area (Å²) in [5.74, 6) is -1.65. The molecule has 0 aliphatic heterocycles. The van der Waals surface area contributed by atoms with Gasteiger partial charge in [0, 0.05) is 5.57 Å². The van der Waals surface area contributed by atoms with Crippen LogP contribution in [-0.2, 0) is 14.3 Å². The van der Waals surface area contributed by atoms with Crippen molar-refractivity contribution < 1.29 is 50.4 Å². The van der Waals surface area contributed by atoms with Crippen LogP contribution in [-0.4, -0.2) is 23.7 Å². The molecule has 0 aliphatic rings. The predicted molar refractivity (Wildman–Crippen MR) is 85.3 cm³/mol. The van der Waals surface area contributed by atoms with Gasteiger partial charge in [-0.05, 0) is 6.42 Å². The molecule has 0 aliphatic carbocycles. The fraction of sp³-hybridized carbons (Fsp3) is 0.765. The van der Waals surface area contributed by atoms with E-state index in [0.29, 0.717) is 6.61 Å². The van der Waals surface area contributed by atoms with Crippen LogP contribution in [0.25, 0.3) is 0 Å². The van der Waals surface area contributed by atoms with Crippen molar-refractivity contribution in [3.8, 4) is 0 Å². The zero-order valence-corrected chi connectivity index (χ0v) is 16.4. The molecule has 0 fully saturated rings. The van der Waals surface area contributed by atoms with Gasteiger partial charge in [-0.1, -0.05) is 71.3 Å². The Hall–Kier alpha value is -0.320. The summed E-state index contributed by atoms with van der Waals surface area (Å²) < 4.78 is 4.97. The van der Waals surface area contributed by atoms with Crippen molar-refractivity contribution in [1.82, 2.24) is 0 Å². The average molecular weight is 322 g/mol. The monoisotopic (exact) mass is 322 g/mol. The maximum atomic E-state index is 11.3. The minimum Gasteiger partial charge on any atom is -1.00 e. The third kappa shape index (κ3) is 16.1. The van der Waals surface area contributed by atoms with E-state index >= 15 is 0 Å². The number of carboxylic acids is 1. The molecule has 124 valence electrons. The van der Waals surface area contributed by atoms with Gasteiger partial charge >= 0.3 is 41.5 Å². The second kappa shape index (κ2) is 17.0. The molecule has 0 spiro atoms. The third-order valence-electron chi connectivity index (χ3n) is 3.42. The summed E-state index contributed by atoms with van der Waals surface area (Å²) in [6.07, 6.45) is 12.1. The van der Waals surface area contributed by atoms with E-state index in [4.69, 9.17) is 9.84 Å². The van der Waals surface area contributed by atoms with Gasteiger partial charge in [-0.25, -0.2) is 4.79 Å². The Kier molecular flexibility index (Phi) is 18.5. The maximum absolute atomic E-state index is 11.3. The van der Waals surface area contributed by atoms with Crippen molar-refractivity contribution in [2.45, 2.75) is 77.6 Å². The fourth-order valence-corrected chi connectivity index (χ4v) is 2.08. The number of hydrogen-bond acceptors (Lipinski definition) is 3. The van der Waals surface area contributed by atoms with E-state index in [-0.39, 0.29) is 43.0 Å². The second-order valence-electron chi connectivity index (χ2n) is 5.49. The Morgan fingerprint density at radius 3 is 1.86 bits per heavy atom. The van der Waals surface area contributed by atoms with Crippen LogP contribution in [0.2, 0.25) is 0 Å². The summed E-state index contributed by atoms with van der Waals surface area (Å²) in [4.78, 5) is 21.8. The van der Waals surface area contributed by atoms with E-state index in [1.165, 1.54) is 51.4 Å². The molecule has 0 radical (unpaired) electrons. The van der Waals surface area contributed by atoms with Gasteiger partial charge in [0.2, 0.25) is 0 Å². The Morgan fingerprint density at radius 1 is 0.955 bits per heavy atom. The van der Waals surface area contributed by atoms with Crippen LogP contribution in [0.1, 0.15) is 79.0 Å². The molecule has 0 amide bonds. The quantitative estimate of drug-likeness (QED) is 0.228. The van der Waals surface area contributed by atoms with Crippen molar-refractivity contribution in [3.63, 3.8) is 0 Å². The van der Waals surface area contributed by atoms with Gasteiger partial charge in [0.1, 0.15) is 0 Å². The van der Waals surface area contributed by atoms with E-state index in [9.17, 15) is 9.59 Å². The molecule has 22 heavy (non-hydrogen) atoms. The van der Waals surface area contributed by atoms with Gasteiger partial charge < -0.3 is 11.3 Å². The molecule has 0 aromatic rings. The third-order valence-corrected chi connectivity index (χ3v) is 3.42. The van der Waals surface area contributed by atoms with Crippen LogP contribution < -0.4 is 29.6 Å². The summed E-state index contributed by atoms with van der Waals surface area (Å²) in [5.41, 5.74) is -0.122. The second-order valence-corrected chi connectivity index (χ2v) is 5.49. The molecular formula is C17H31NaO4. The van der Waals surface area contributed by atoms with Crippen molar-refractivity contribution in [2.75, 3.05) is 6.61 Å². The molecule has 0 aromatic heterocycles. The first-order valence-electron chi connectivity index (χ1n) is 8.14. The number of hydrogen-bond donors (Lipinski definition) is 1. The molecule has 0 rings (SSSR count). The van der Waals surface area contributed by atoms with Gasteiger partial charge in [0.05, 0.1) is 13.0 Å². The van der Waals surface area contributed by atoms with Crippen LogP contribution in [0.5, 0.6) is 0 Å². The molecule has 0 saturated heterocycles. The van der Waals surface area contributed by atoms with Gasteiger partial charge in [-0.15, -0.1) is 0 Å². The summed E-state index contributed by atoms with van der Waals surface area (Å²) >= 11 is 0. The molecule has 0 saturated carbocycles. The number of aliphatic carboxylic acids is 1. The van der Waals surface area contributed by atoms with Gasteiger partial charge in [0.25, 0.3) is 0 Å². The molecule has 0 atom stereocenters. The first-order chi connectivity index (χ1) is 10.1. The largest absolute Gasteiger partial charge is 1.00 e. The van der Waals surface area contributed by atoms with E-state index in [1.807, 2.05) is 0 Å². The van der Waals surface area contributed by atoms with Crippen LogP contribution in [0.4, 0.5) is 0 Å². The van der Waals surface area contributed by atoms with Crippen LogP contribution >= 0.6 is 0 Å². The van der Waals surface area contributed by atoms with Crippen LogP contribution in [0, 0.1) is 0 Å². The molecule has 0 unspecified atom stereocenters. The van der Waals surface area contributed by atoms with Crippen molar-refractivity contribution in [2.24, 2.45) is 0 Å². The van der Waals surface area contributed by atoms with Crippen LogP contribution in [0.3, 0.4) is 0 Å². The standard InChI is InChI=1S/C17H30O4.Na.H/c1-3-4-5-6-7-8-9-10-11-12-13-21-16(18)14-15(2)17(19)20;;/h2-14H2,1H3,(H,19,20);;/q;+1;-1. The summed E-state index contributed by atoms with van der Waals surface area (Å²) in [5, 5.41) is 8.58. The smallest absolute Gasteiger partial charge is 1.00 e. The molecule has 0 heterocycles. The van der Waals surface area contributed by atoms with Crippen molar-refractivity contribution in [3.05, 3.63) is 12.2 Å². The first-order valence-corrected chi connectivity index (χ1v) is 8.14. The number of ether oxygens (including phenoxy) is 1. The Bertz CT molecular complexity index is 322. The SMILES string of the molecule is C=C(CC(=O)OCCCCCCCCCCCC)C(=O)O.[H-].[Na+]. The zero-order valence-electron chi connectivity index (χ0n) is 15.4. The number of rotatable bonds is 14. The van der Waals surface area contributed by atoms with E-state index in [1.54, 1.807) is 0 Å². The van der Waals surface area contributed by atoms with Gasteiger partial charge in [0.15, 0.2) is 0 Å². The first kappa shape index (κ1) is 23.9. The minimum atomic E-state index is -1.15. The van der Waals surface area contributed by atoms with Crippen molar-refractivity contribution in [1.29, 1.82) is 0 Å². The average Bonchev–Trinajstić information content (AvgIpc) is 2.44. The van der Waals surface area contributed by atoms with Gasteiger partial charge in [-0.3, -0.25) is 4.79 Å². The topological polar surface area (TPSA) is 63.6 Å². The van der Waals surface area contributed by atoms with Gasteiger partial charge in [-0.2, -0.15) is 0 Å². The number of esters is 1. The molecular weight excluding hydrogens is 291 g/mol. The number of unbranched alkanes of at least 4 members (excludes halogenated alkanes) is 9. The normalized spacial score (nSPS) is 9.86. The fourth-order valence-electron chi connectivity index (χ4n) is 2.08. The predicted octanol–water partition coefficient (Wildman–Crippen LogP) is 1.60.